The Labute approximate surface area is 146 Å². The second-order valence-electron chi connectivity index (χ2n) is 6.17. The fourth-order valence-corrected chi connectivity index (χ4v) is 2.86. The molecule has 0 saturated carbocycles. The van der Waals surface area contributed by atoms with Crippen LogP contribution in [0.3, 0.4) is 0 Å². The van der Waals surface area contributed by atoms with Gasteiger partial charge in [-0.05, 0) is 37.1 Å². The summed E-state index contributed by atoms with van der Waals surface area (Å²) in [5, 5.41) is 15.6. The molecular formula is C19H22N2O4. The number of nitrogens with two attached hydrogens (primary N) is 1. The summed E-state index contributed by atoms with van der Waals surface area (Å²) in [5.41, 5.74) is 12.9. The Bertz CT molecular complexity index is 803. The van der Waals surface area contributed by atoms with Crippen LogP contribution in [0.1, 0.15) is 23.6 Å². The van der Waals surface area contributed by atoms with Crippen molar-refractivity contribution < 1.29 is 19.8 Å². The van der Waals surface area contributed by atoms with Crippen molar-refractivity contribution in [2.45, 2.75) is 32.9 Å². The molecule has 4 N–H and O–H groups in total. The number of carboxylic acid groups (broad SMARTS) is 2. The van der Waals surface area contributed by atoms with Crippen LogP contribution < -0.4 is 5.73 Å². The number of aryl methyl sites for hydroxylation is 1. The van der Waals surface area contributed by atoms with Crippen LogP contribution in [-0.4, -0.2) is 32.8 Å². The van der Waals surface area contributed by atoms with Crippen LogP contribution in [0.2, 0.25) is 0 Å². The minimum absolute atomic E-state index is 0.195. The van der Waals surface area contributed by atoms with Crippen LogP contribution in [-0.2, 0) is 22.6 Å². The van der Waals surface area contributed by atoms with E-state index in [1.807, 2.05) is 0 Å². The minimum Gasteiger partial charge on any atom is -0.478 e. The largest absolute Gasteiger partial charge is 0.478 e. The molecule has 25 heavy (non-hydrogen) atoms. The highest BCUT2D eigenvalue weighted by Gasteiger charge is 2.22. The lowest BCUT2D eigenvalue weighted by molar-refractivity contribution is -0.134. The van der Waals surface area contributed by atoms with Crippen molar-refractivity contribution in [3.05, 3.63) is 59.3 Å². The van der Waals surface area contributed by atoms with E-state index >= 15 is 0 Å². The topological polar surface area (TPSA) is 106 Å². The zero-order valence-electron chi connectivity index (χ0n) is 14.3. The van der Waals surface area contributed by atoms with E-state index < -0.39 is 11.9 Å². The number of fused-ring (bicyclic) bond motifs is 3. The highest BCUT2D eigenvalue weighted by atomic mass is 16.4. The van der Waals surface area contributed by atoms with E-state index in [9.17, 15) is 9.59 Å². The number of benzene rings is 1. The molecule has 3 rings (SSSR count). The summed E-state index contributed by atoms with van der Waals surface area (Å²) in [4.78, 5) is 19.1. The molecule has 2 aromatic rings. The van der Waals surface area contributed by atoms with Gasteiger partial charge in [-0.1, -0.05) is 17.7 Å². The quantitative estimate of drug-likeness (QED) is 0.632. The summed E-state index contributed by atoms with van der Waals surface area (Å²) in [7, 11) is 0. The molecule has 0 amide bonds. The van der Waals surface area contributed by atoms with E-state index in [1.54, 1.807) is 0 Å². The van der Waals surface area contributed by atoms with Crippen molar-refractivity contribution in [3.8, 4) is 11.3 Å². The SMILES string of the molecule is Cc1ccc2c(c1)-c1c(ccn1CC(C)N)C2.O=C(O)C=CC(=O)O. The third-order valence-corrected chi connectivity index (χ3v) is 3.80. The molecule has 1 aromatic carbocycles. The molecule has 0 fully saturated rings. The van der Waals surface area contributed by atoms with Crippen LogP contribution in [0, 0.1) is 6.92 Å². The molecule has 132 valence electrons. The first-order chi connectivity index (χ1) is 11.8. The van der Waals surface area contributed by atoms with Gasteiger partial charge in [-0.25, -0.2) is 9.59 Å². The second kappa shape index (κ2) is 7.81. The third kappa shape index (κ3) is 4.81. The van der Waals surface area contributed by atoms with E-state index in [4.69, 9.17) is 15.9 Å². The number of hydrogen-bond acceptors (Lipinski definition) is 3. The number of hydrogen-bond donors (Lipinski definition) is 3. The van der Waals surface area contributed by atoms with E-state index in [-0.39, 0.29) is 6.04 Å². The van der Waals surface area contributed by atoms with E-state index in [1.165, 1.54) is 27.9 Å². The van der Waals surface area contributed by atoms with Crippen LogP contribution in [0.5, 0.6) is 0 Å². The Morgan fingerprint density at radius 1 is 1.20 bits per heavy atom. The van der Waals surface area contributed by atoms with Gasteiger partial charge in [0.2, 0.25) is 0 Å². The van der Waals surface area contributed by atoms with Crippen molar-refractivity contribution in [1.29, 1.82) is 0 Å². The maximum absolute atomic E-state index is 9.55. The molecule has 6 nitrogen and oxygen atoms in total. The fraction of sp³-hybridized carbons (Fsp3) is 0.263. The average Bonchev–Trinajstić information content (AvgIpc) is 3.05. The molecule has 1 aliphatic rings. The molecule has 1 unspecified atom stereocenters. The Kier molecular flexibility index (Phi) is 5.77. The average molecular weight is 342 g/mol. The summed E-state index contributed by atoms with van der Waals surface area (Å²) in [6, 6.07) is 9.16. The maximum Gasteiger partial charge on any atom is 0.328 e. The lowest BCUT2D eigenvalue weighted by Gasteiger charge is -2.12. The molecule has 1 atom stereocenters. The summed E-state index contributed by atoms with van der Waals surface area (Å²) >= 11 is 0. The third-order valence-electron chi connectivity index (χ3n) is 3.80. The molecule has 1 aliphatic carbocycles. The van der Waals surface area contributed by atoms with Crippen molar-refractivity contribution in [3.63, 3.8) is 0 Å². The maximum atomic E-state index is 9.55. The molecule has 1 aromatic heterocycles. The lowest BCUT2D eigenvalue weighted by atomic mass is 10.1. The van der Waals surface area contributed by atoms with Crippen LogP contribution in [0.15, 0.2) is 42.6 Å². The van der Waals surface area contributed by atoms with Gasteiger partial charge in [0.15, 0.2) is 0 Å². The number of rotatable bonds is 4. The van der Waals surface area contributed by atoms with E-state index in [2.05, 4.69) is 48.9 Å². The fourth-order valence-electron chi connectivity index (χ4n) is 2.86. The van der Waals surface area contributed by atoms with Gasteiger partial charge in [0, 0.05) is 42.9 Å². The highest BCUT2D eigenvalue weighted by molar-refractivity contribution is 5.89. The van der Waals surface area contributed by atoms with E-state index in [0.29, 0.717) is 12.2 Å². The Morgan fingerprint density at radius 3 is 2.40 bits per heavy atom. The number of nitrogens with zero attached hydrogens (tertiary/aromatic N) is 1. The number of carboxylic acids is 2. The lowest BCUT2D eigenvalue weighted by Crippen LogP contribution is -2.22. The first kappa shape index (κ1) is 18.5. The van der Waals surface area contributed by atoms with Gasteiger partial charge in [-0.3, -0.25) is 0 Å². The van der Waals surface area contributed by atoms with Gasteiger partial charge in [-0.2, -0.15) is 0 Å². The van der Waals surface area contributed by atoms with Gasteiger partial charge < -0.3 is 20.5 Å². The van der Waals surface area contributed by atoms with Gasteiger partial charge in [-0.15, -0.1) is 0 Å². The van der Waals surface area contributed by atoms with E-state index in [0.717, 1.165) is 13.0 Å². The second-order valence-corrected chi connectivity index (χ2v) is 6.17. The standard InChI is InChI=1S/C15H18N2.C4H4O4/c1-10-3-4-12-8-13-5-6-17(9-11(2)16)15(13)14(12)7-10;5-3(6)1-2-4(7)8/h3-7,11H,8-9,16H2,1-2H3;1-2H,(H,5,6)(H,7,8). The molecule has 6 heteroatoms. The number of aliphatic carboxylic acids is 2. The zero-order valence-corrected chi connectivity index (χ0v) is 14.3. The molecule has 0 saturated heterocycles. The van der Waals surface area contributed by atoms with Crippen LogP contribution in [0.4, 0.5) is 0 Å². The first-order valence-electron chi connectivity index (χ1n) is 7.95. The van der Waals surface area contributed by atoms with Crippen molar-refractivity contribution in [2.24, 2.45) is 5.73 Å². The molecule has 0 radical (unpaired) electrons. The molecular weight excluding hydrogens is 320 g/mol. The predicted octanol–water partition coefficient (Wildman–Crippen LogP) is 2.43. The van der Waals surface area contributed by atoms with Crippen LogP contribution in [0.25, 0.3) is 11.3 Å². The van der Waals surface area contributed by atoms with Crippen molar-refractivity contribution in [2.75, 3.05) is 0 Å². The van der Waals surface area contributed by atoms with Crippen LogP contribution >= 0.6 is 0 Å². The Balaban J connectivity index is 0.000000242. The number of carbonyl (C=O) groups is 2. The monoisotopic (exact) mass is 342 g/mol. The van der Waals surface area contributed by atoms with Gasteiger partial charge in [0.1, 0.15) is 0 Å². The summed E-state index contributed by atoms with van der Waals surface area (Å²) in [6.45, 7) is 5.10. The minimum atomic E-state index is -1.26. The van der Waals surface area contributed by atoms with Gasteiger partial charge in [0.25, 0.3) is 0 Å². The Hall–Kier alpha value is -2.86. The number of aromatic nitrogens is 1. The molecule has 0 aliphatic heterocycles. The van der Waals surface area contributed by atoms with Gasteiger partial charge >= 0.3 is 11.9 Å². The summed E-state index contributed by atoms with van der Waals surface area (Å²) in [6.07, 6.45) is 4.35. The highest BCUT2D eigenvalue weighted by Crippen LogP contribution is 2.37. The molecule has 0 spiro atoms. The first-order valence-corrected chi connectivity index (χ1v) is 7.95. The summed E-state index contributed by atoms with van der Waals surface area (Å²) < 4.78 is 2.30. The van der Waals surface area contributed by atoms with Gasteiger partial charge in [0.05, 0.1) is 5.69 Å². The molecule has 1 heterocycles. The smallest absolute Gasteiger partial charge is 0.328 e. The van der Waals surface area contributed by atoms with Crippen molar-refractivity contribution in [1.82, 2.24) is 4.57 Å². The Morgan fingerprint density at radius 2 is 1.84 bits per heavy atom. The zero-order chi connectivity index (χ0) is 18.6. The summed E-state index contributed by atoms with van der Waals surface area (Å²) in [5.74, 6) is -2.51. The predicted molar refractivity (Wildman–Crippen MR) is 95.5 cm³/mol. The molecule has 0 bridgehead atoms. The van der Waals surface area contributed by atoms with Crippen molar-refractivity contribution >= 4 is 11.9 Å². The normalized spacial score (nSPS) is 12.9.